The molecule has 0 spiro atoms. The van der Waals surface area contributed by atoms with Gasteiger partial charge in [0.2, 0.25) is 5.91 Å². The number of anilines is 1. The van der Waals surface area contributed by atoms with Gasteiger partial charge in [-0.2, -0.15) is 0 Å². The Bertz CT molecular complexity index is 562. The van der Waals surface area contributed by atoms with Crippen LogP contribution < -0.4 is 10.6 Å². The molecule has 1 unspecified atom stereocenters. The van der Waals surface area contributed by atoms with Crippen LogP contribution in [0.2, 0.25) is 0 Å². The summed E-state index contributed by atoms with van der Waals surface area (Å²) in [5, 5.41) is 0. The van der Waals surface area contributed by atoms with Gasteiger partial charge in [-0.25, -0.2) is 0 Å². The van der Waals surface area contributed by atoms with E-state index in [1.807, 2.05) is 11.0 Å². The lowest BCUT2D eigenvalue weighted by atomic mass is 9.98. The summed E-state index contributed by atoms with van der Waals surface area (Å²) in [5.74, 6) is 0.798. The molecule has 0 radical (unpaired) electrons. The average Bonchev–Trinajstić information content (AvgIpc) is 2.72. The molecule has 0 bridgehead atoms. The second-order valence-electron chi connectivity index (χ2n) is 7.66. The van der Waals surface area contributed by atoms with Crippen LogP contribution in [0.4, 0.5) is 5.69 Å². The quantitative estimate of drug-likeness (QED) is 0.928. The molecule has 1 aliphatic carbocycles. The number of para-hydroxylation sites is 1. The summed E-state index contributed by atoms with van der Waals surface area (Å²) in [4.78, 5) is 15.1. The molecule has 1 aromatic carbocycles. The van der Waals surface area contributed by atoms with E-state index in [9.17, 15) is 4.79 Å². The molecule has 3 rings (SSSR count). The minimum absolute atomic E-state index is 0.0883. The molecule has 1 saturated carbocycles. The number of nitrogens with zero attached hydrogens (tertiary/aromatic N) is 1. The molecule has 2 N–H and O–H groups in total. The number of fused-ring (bicyclic) bond motifs is 1. The van der Waals surface area contributed by atoms with Crippen LogP contribution in [0.5, 0.6) is 0 Å². The Labute approximate surface area is 127 Å². The maximum Gasteiger partial charge on any atom is 0.231 e. The van der Waals surface area contributed by atoms with Crippen molar-refractivity contribution in [2.45, 2.75) is 40.0 Å². The van der Waals surface area contributed by atoms with E-state index < -0.39 is 0 Å². The van der Waals surface area contributed by atoms with Crippen molar-refractivity contribution >= 4 is 11.6 Å². The van der Waals surface area contributed by atoms with Crippen LogP contribution in [0.25, 0.3) is 0 Å². The van der Waals surface area contributed by atoms with E-state index in [2.05, 4.69) is 45.9 Å². The summed E-state index contributed by atoms with van der Waals surface area (Å²) in [5.41, 5.74) is 8.30. The first-order valence-electron chi connectivity index (χ1n) is 7.92. The number of hydrogen-bond acceptors (Lipinski definition) is 2. The number of nitrogens with two attached hydrogens (primary N) is 1. The van der Waals surface area contributed by atoms with Gasteiger partial charge in [0, 0.05) is 24.1 Å². The maximum absolute atomic E-state index is 13.0. The van der Waals surface area contributed by atoms with Gasteiger partial charge >= 0.3 is 0 Å². The molecule has 21 heavy (non-hydrogen) atoms. The smallest absolute Gasteiger partial charge is 0.231 e. The third-order valence-electron chi connectivity index (χ3n) is 6.12. The molecule has 1 fully saturated rings. The first-order valence-corrected chi connectivity index (χ1v) is 7.92. The summed E-state index contributed by atoms with van der Waals surface area (Å²) < 4.78 is 0. The topological polar surface area (TPSA) is 46.3 Å². The molecular weight excluding hydrogens is 260 g/mol. The average molecular weight is 286 g/mol. The lowest BCUT2D eigenvalue weighted by Gasteiger charge is -2.19. The summed E-state index contributed by atoms with van der Waals surface area (Å²) >= 11 is 0. The van der Waals surface area contributed by atoms with E-state index in [0.29, 0.717) is 12.5 Å². The Morgan fingerprint density at radius 2 is 1.86 bits per heavy atom. The first-order chi connectivity index (χ1) is 9.82. The molecule has 1 atom stereocenters. The predicted molar refractivity (Wildman–Crippen MR) is 86.3 cm³/mol. The highest BCUT2D eigenvalue weighted by molar-refractivity contribution is 6.00. The van der Waals surface area contributed by atoms with Crippen LogP contribution in [0.1, 0.15) is 45.6 Å². The van der Waals surface area contributed by atoms with Crippen molar-refractivity contribution in [1.82, 2.24) is 0 Å². The van der Waals surface area contributed by atoms with Crippen LogP contribution in [0.3, 0.4) is 0 Å². The zero-order valence-electron chi connectivity index (χ0n) is 13.5. The van der Waals surface area contributed by atoms with E-state index in [1.165, 1.54) is 5.56 Å². The SMILES string of the molecule is CC1(C)C(C(=O)N2CC(CCN)c3ccccc32)C1(C)C. The molecule has 0 aromatic heterocycles. The van der Waals surface area contributed by atoms with Gasteiger partial charge in [-0.1, -0.05) is 45.9 Å². The molecule has 1 aromatic rings. The largest absolute Gasteiger partial charge is 0.330 e. The van der Waals surface area contributed by atoms with E-state index in [-0.39, 0.29) is 22.7 Å². The standard InChI is InChI=1S/C18H26N2O/c1-17(2)15(18(17,3)4)16(21)20-11-12(9-10-19)13-7-5-6-8-14(13)20/h5-8,12,15H,9-11,19H2,1-4H3. The second kappa shape index (κ2) is 4.57. The molecule has 2 aliphatic rings. The minimum atomic E-state index is 0.0883. The minimum Gasteiger partial charge on any atom is -0.330 e. The Morgan fingerprint density at radius 3 is 2.43 bits per heavy atom. The van der Waals surface area contributed by atoms with Gasteiger partial charge in [0.15, 0.2) is 0 Å². The lowest BCUT2D eigenvalue weighted by Crippen LogP contribution is -2.33. The van der Waals surface area contributed by atoms with Crippen LogP contribution in [-0.4, -0.2) is 19.0 Å². The predicted octanol–water partition coefficient (Wildman–Crippen LogP) is 3.15. The fourth-order valence-corrected chi connectivity index (χ4v) is 4.12. The van der Waals surface area contributed by atoms with E-state index in [0.717, 1.165) is 18.7 Å². The third-order valence-corrected chi connectivity index (χ3v) is 6.12. The summed E-state index contributed by atoms with van der Waals surface area (Å²) in [6.45, 7) is 10.3. The van der Waals surface area contributed by atoms with Crippen LogP contribution in [0.15, 0.2) is 24.3 Å². The Hall–Kier alpha value is -1.35. The maximum atomic E-state index is 13.0. The zero-order chi connectivity index (χ0) is 15.4. The Balaban J connectivity index is 1.90. The highest BCUT2D eigenvalue weighted by Crippen LogP contribution is 2.69. The molecule has 3 nitrogen and oxygen atoms in total. The second-order valence-corrected chi connectivity index (χ2v) is 7.66. The van der Waals surface area contributed by atoms with Gasteiger partial charge in [0.1, 0.15) is 0 Å². The highest BCUT2D eigenvalue weighted by atomic mass is 16.2. The fourth-order valence-electron chi connectivity index (χ4n) is 4.12. The van der Waals surface area contributed by atoms with Gasteiger partial charge in [0.05, 0.1) is 0 Å². The Kier molecular flexibility index (Phi) is 3.17. The van der Waals surface area contributed by atoms with E-state index >= 15 is 0 Å². The van der Waals surface area contributed by atoms with Gasteiger partial charge in [-0.05, 0) is 35.4 Å². The Morgan fingerprint density at radius 1 is 1.24 bits per heavy atom. The van der Waals surface area contributed by atoms with Crippen molar-refractivity contribution in [2.75, 3.05) is 18.0 Å². The normalized spacial score (nSPS) is 25.8. The summed E-state index contributed by atoms with van der Waals surface area (Å²) in [6.07, 6.45) is 0.943. The molecule has 1 aliphatic heterocycles. The first kappa shape index (κ1) is 14.6. The van der Waals surface area contributed by atoms with Crippen molar-refractivity contribution in [3.05, 3.63) is 29.8 Å². The van der Waals surface area contributed by atoms with E-state index in [1.54, 1.807) is 0 Å². The molecule has 1 heterocycles. The number of carbonyl (C=O) groups excluding carboxylic acids is 1. The monoisotopic (exact) mass is 286 g/mol. The number of rotatable bonds is 3. The van der Waals surface area contributed by atoms with Crippen LogP contribution in [0, 0.1) is 16.7 Å². The number of carbonyl (C=O) groups is 1. The van der Waals surface area contributed by atoms with Gasteiger partial charge in [-0.3, -0.25) is 4.79 Å². The third kappa shape index (κ3) is 1.94. The number of amides is 1. The molecule has 114 valence electrons. The van der Waals surface area contributed by atoms with Gasteiger partial charge < -0.3 is 10.6 Å². The van der Waals surface area contributed by atoms with Crippen molar-refractivity contribution in [3.63, 3.8) is 0 Å². The number of benzene rings is 1. The molecular formula is C18H26N2O. The van der Waals surface area contributed by atoms with Crippen molar-refractivity contribution < 1.29 is 4.79 Å². The van der Waals surface area contributed by atoms with E-state index in [4.69, 9.17) is 5.73 Å². The molecule has 1 amide bonds. The zero-order valence-corrected chi connectivity index (χ0v) is 13.5. The van der Waals surface area contributed by atoms with Crippen LogP contribution >= 0.6 is 0 Å². The van der Waals surface area contributed by atoms with Crippen molar-refractivity contribution in [3.8, 4) is 0 Å². The highest BCUT2D eigenvalue weighted by Gasteiger charge is 2.69. The van der Waals surface area contributed by atoms with Gasteiger partial charge in [-0.15, -0.1) is 0 Å². The lowest BCUT2D eigenvalue weighted by molar-refractivity contribution is -0.120. The molecule has 3 heteroatoms. The summed E-state index contributed by atoms with van der Waals surface area (Å²) in [6, 6.07) is 8.30. The van der Waals surface area contributed by atoms with Crippen LogP contribution in [-0.2, 0) is 4.79 Å². The van der Waals surface area contributed by atoms with Gasteiger partial charge in [0.25, 0.3) is 0 Å². The van der Waals surface area contributed by atoms with Crippen molar-refractivity contribution in [1.29, 1.82) is 0 Å². The molecule has 0 saturated heterocycles. The summed E-state index contributed by atoms with van der Waals surface area (Å²) in [7, 11) is 0. The fraction of sp³-hybridized carbons (Fsp3) is 0.611. The number of hydrogen-bond donors (Lipinski definition) is 1. The van der Waals surface area contributed by atoms with Crippen molar-refractivity contribution in [2.24, 2.45) is 22.5 Å².